The zero-order valence-electron chi connectivity index (χ0n) is 13.0. The molecule has 1 aromatic carbocycles. The van der Waals surface area contributed by atoms with Gasteiger partial charge in [-0.25, -0.2) is 14.3 Å². The van der Waals surface area contributed by atoms with Crippen LogP contribution in [0, 0.1) is 12.7 Å². The maximum atomic E-state index is 14.9. The Labute approximate surface area is 136 Å². The number of halogens is 1. The van der Waals surface area contributed by atoms with Gasteiger partial charge in [0.05, 0.1) is 0 Å². The third kappa shape index (κ3) is 2.12. The molecule has 0 saturated heterocycles. The monoisotopic (exact) mass is 326 g/mol. The van der Waals surface area contributed by atoms with E-state index in [0.717, 1.165) is 12.8 Å². The summed E-state index contributed by atoms with van der Waals surface area (Å²) in [5.41, 5.74) is 7.91. The summed E-state index contributed by atoms with van der Waals surface area (Å²) in [6, 6.07) is 5.00. The normalized spacial score (nSPS) is 14.2. The van der Waals surface area contributed by atoms with Gasteiger partial charge in [0.15, 0.2) is 5.65 Å². The summed E-state index contributed by atoms with van der Waals surface area (Å²) in [5.74, 6) is -0.926. The molecule has 6 nitrogen and oxygen atoms in total. The second-order valence-corrected chi connectivity index (χ2v) is 6.14. The van der Waals surface area contributed by atoms with E-state index in [1.807, 2.05) is 0 Å². The summed E-state index contributed by atoms with van der Waals surface area (Å²) < 4.78 is 16.2. The number of nitrogens with one attached hydrogen (secondary N) is 1. The van der Waals surface area contributed by atoms with Crippen molar-refractivity contribution in [2.45, 2.75) is 25.7 Å². The van der Waals surface area contributed by atoms with Crippen LogP contribution in [-0.4, -0.2) is 20.5 Å². The summed E-state index contributed by atoms with van der Waals surface area (Å²) in [6.45, 7) is 1.68. The number of carbonyl (C=O) groups excluding carboxylic acids is 1. The SMILES string of the molecule is Cc1c(-c2ccn3c(=O)[nH]nc3c2)cc(C(N)=O)c(C2CC2)c1F. The standard InChI is InChI=1S/C17H15FN4O2/c1-8-11(10-4-5-22-13(6-10)20-21-17(22)24)7-12(16(19)23)14(15(8)18)9-2-3-9/h4-7,9H,2-3H2,1H3,(H2,19,23)(H,21,24). The number of nitrogens with two attached hydrogens (primary N) is 1. The Morgan fingerprint density at radius 2 is 2.17 bits per heavy atom. The molecule has 24 heavy (non-hydrogen) atoms. The molecule has 2 aromatic heterocycles. The Bertz CT molecular complexity index is 1050. The molecule has 7 heteroatoms. The zero-order chi connectivity index (χ0) is 17.0. The van der Waals surface area contributed by atoms with E-state index in [2.05, 4.69) is 10.2 Å². The van der Waals surface area contributed by atoms with Crippen LogP contribution in [0.2, 0.25) is 0 Å². The number of fused-ring (bicyclic) bond motifs is 1. The van der Waals surface area contributed by atoms with Crippen molar-refractivity contribution >= 4 is 11.6 Å². The predicted molar refractivity (Wildman–Crippen MR) is 86.4 cm³/mol. The topological polar surface area (TPSA) is 93.2 Å². The Balaban J connectivity index is 1.96. The molecule has 0 spiro atoms. The maximum Gasteiger partial charge on any atom is 0.347 e. The van der Waals surface area contributed by atoms with Crippen LogP contribution in [0.3, 0.4) is 0 Å². The largest absolute Gasteiger partial charge is 0.366 e. The van der Waals surface area contributed by atoms with Crippen LogP contribution in [0.25, 0.3) is 16.8 Å². The van der Waals surface area contributed by atoms with Crippen LogP contribution in [0.15, 0.2) is 29.2 Å². The zero-order valence-corrected chi connectivity index (χ0v) is 13.0. The van der Waals surface area contributed by atoms with E-state index < -0.39 is 5.91 Å². The summed E-state index contributed by atoms with van der Waals surface area (Å²) in [7, 11) is 0. The van der Waals surface area contributed by atoms with E-state index in [1.54, 1.807) is 31.3 Å². The molecule has 0 unspecified atom stereocenters. The first-order chi connectivity index (χ1) is 11.5. The lowest BCUT2D eigenvalue weighted by atomic mass is 9.91. The van der Waals surface area contributed by atoms with Gasteiger partial charge in [-0.2, -0.15) is 5.10 Å². The van der Waals surface area contributed by atoms with Crippen molar-refractivity contribution in [3.63, 3.8) is 0 Å². The first kappa shape index (κ1) is 14.6. The summed E-state index contributed by atoms with van der Waals surface area (Å²) in [5, 5.41) is 6.26. The predicted octanol–water partition coefficient (Wildman–Crippen LogP) is 2.11. The molecule has 1 saturated carbocycles. The molecule has 2 heterocycles. The van der Waals surface area contributed by atoms with Gasteiger partial charge in [0.25, 0.3) is 0 Å². The first-order valence-electron chi connectivity index (χ1n) is 7.67. The maximum absolute atomic E-state index is 14.9. The number of primary amides is 1. The van der Waals surface area contributed by atoms with E-state index >= 15 is 0 Å². The molecule has 0 aliphatic heterocycles. The van der Waals surface area contributed by atoms with Gasteiger partial charge in [-0.05, 0) is 60.6 Å². The molecule has 1 aliphatic carbocycles. The number of aromatic amines is 1. The molecule has 3 aromatic rings. The van der Waals surface area contributed by atoms with E-state index in [9.17, 15) is 14.0 Å². The van der Waals surface area contributed by atoms with Crippen LogP contribution in [0.4, 0.5) is 4.39 Å². The lowest BCUT2D eigenvalue weighted by molar-refractivity contribution is 0.0999. The second-order valence-electron chi connectivity index (χ2n) is 6.14. The molecular weight excluding hydrogens is 311 g/mol. The number of pyridine rings is 1. The molecule has 3 N–H and O–H groups in total. The van der Waals surface area contributed by atoms with E-state index in [-0.39, 0.29) is 23.0 Å². The number of hydrogen-bond donors (Lipinski definition) is 2. The highest BCUT2D eigenvalue weighted by Gasteiger charge is 2.32. The smallest absolute Gasteiger partial charge is 0.347 e. The number of rotatable bonds is 3. The Morgan fingerprint density at radius 3 is 2.83 bits per heavy atom. The molecule has 1 aliphatic rings. The molecule has 1 fully saturated rings. The Hall–Kier alpha value is -2.96. The van der Waals surface area contributed by atoms with Crippen molar-refractivity contribution in [3.8, 4) is 11.1 Å². The minimum absolute atomic E-state index is 0.0765. The summed E-state index contributed by atoms with van der Waals surface area (Å²) in [4.78, 5) is 23.4. The van der Waals surface area contributed by atoms with Gasteiger partial charge in [0, 0.05) is 17.3 Å². The molecule has 1 amide bonds. The van der Waals surface area contributed by atoms with Gasteiger partial charge in [0.1, 0.15) is 5.82 Å². The van der Waals surface area contributed by atoms with Crippen molar-refractivity contribution in [1.29, 1.82) is 0 Å². The van der Waals surface area contributed by atoms with Crippen LogP contribution in [0.1, 0.15) is 40.2 Å². The molecular formula is C17H15FN4O2. The lowest BCUT2D eigenvalue weighted by Crippen LogP contribution is -2.16. The van der Waals surface area contributed by atoms with Crippen molar-refractivity contribution < 1.29 is 9.18 Å². The Kier molecular flexibility index (Phi) is 3.06. The Morgan fingerprint density at radius 1 is 1.42 bits per heavy atom. The highest BCUT2D eigenvalue weighted by Crippen LogP contribution is 2.45. The average molecular weight is 326 g/mol. The van der Waals surface area contributed by atoms with Gasteiger partial charge >= 0.3 is 5.69 Å². The van der Waals surface area contributed by atoms with Crippen LogP contribution in [0.5, 0.6) is 0 Å². The van der Waals surface area contributed by atoms with Gasteiger partial charge in [-0.1, -0.05) is 0 Å². The van der Waals surface area contributed by atoms with Crippen molar-refractivity contribution in [2.24, 2.45) is 5.73 Å². The van der Waals surface area contributed by atoms with E-state index in [4.69, 9.17) is 5.73 Å². The van der Waals surface area contributed by atoms with E-state index in [1.165, 1.54) is 4.40 Å². The van der Waals surface area contributed by atoms with Crippen LogP contribution in [-0.2, 0) is 0 Å². The highest BCUT2D eigenvalue weighted by atomic mass is 19.1. The molecule has 0 atom stereocenters. The van der Waals surface area contributed by atoms with Gasteiger partial charge in [-0.15, -0.1) is 0 Å². The highest BCUT2D eigenvalue weighted by molar-refractivity contribution is 5.96. The fourth-order valence-electron chi connectivity index (χ4n) is 3.12. The molecule has 0 bridgehead atoms. The number of H-pyrrole nitrogens is 1. The van der Waals surface area contributed by atoms with E-state index in [0.29, 0.717) is 27.9 Å². The summed E-state index contributed by atoms with van der Waals surface area (Å²) >= 11 is 0. The van der Waals surface area contributed by atoms with Crippen molar-refractivity contribution in [1.82, 2.24) is 14.6 Å². The minimum Gasteiger partial charge on any atom is -0.366 e. The second kappa shape index (κ2) is 5.02. The average Bonchev–Trinajstić information content (AvgIpc) is 3.33. The fourth-order valence-corrected chi connectivity index (χ4v) is 3.12. The van der Waals surface area contributed by atoms with Gasteiger partial charge < -0.3 is 5.73 Å². The molecule has 0 radical (unpaired) electrons. The number of amides is 1. The number of carbonyl (C=O) groups is 1. The quantitative estimate of drug-likeness (QED) is 0.772. The molecule has 122 valence electrons. The number of aromatic nitrogens is 3. The van der Waals surface area contributed by atoms with Crippen LogP contribution < -0.4 is 11.4 Å². The number of benzene rings is 1. The fraction of sp³-hybridized carbons (Fsp3) is 0.235. The molecule has 4 rings (SSSR count). The van der Waals surface area contributed by atoms with Gasteiger partial charge in [-0.3, -0.25) is 9.20 Å². The third-order valence-electron chi connectivity index (χ3n) is 4.53. The third-order valence-corrected chi connectivity index (χ3v) is 4.53. The first-order valence-corrected chi connectivity index (χ1v) is 7.67. The minimum atomic E-state index is -0.630. The summed E-state index contributed by atoms with van der Waals surface area (Å²) in [6.07, 6.45) is 3.31. The van der Waals surface area contributed by atoms with Crippen molar-refractivity contribution in [2.75, 3.05) is 0 Å². The van der Waals surface area contributed by atoms with Gasteiger partial charge in [0.2, 0.25) is 5.91 Å². The van der Waals surface area contributed by atoms with Crippen LogP contribution >= 0.6 is 0 Å². The number of nitrogens with zero attached hydrogens (tertiary/aromatic N) is 2. The van der Waals surface area contributed by atoms with Crippen molar-refractivity contribution in [3.05, 3.63) is 57.4 Å². The lowest BCUT2D eigenvalue weighted by Gasteiger charge is -2.15. The number of hydrogen-bond acceptors (Lipinski definition) is 3.